The molecule has 1 atom stereocenters. The number of alkyl halides is 3. The van der Waals surface area contributed by atoms with Crippen LogP contribution in [-0.2, 0) is 11.3 Å². The molecule has 1 aromatic carbocycles. The second-order valence-corrected chi connectivity index (χ2v) is 7.60. The van der Waals surface area contributed by atoms with Gasteiger partial charge in [-0.1, -0.05) is 6.07 Å². The van der Waals surface area contributed by atoms with Crippen molar-refractivity contribution in [3.05, 3.63) is 23.8 Å². The highest BCUT2D eigenvalue weighted by Gasteiger charge is 2.30. The minimum absolute atomic E-state index is 0. The van der Waals surface area contributed by atoms with Crippen molar-refractivity contribution in [3.63, 3.8) is 0 Å². The van der Waals surface area contributed by atoms with Gasteiger partial charge in [-0.25, -0.2) is 4.99 Å². The number of hydrogen-bond acceptors (Lipinski definition) is 5. The summed E-state index contributed by atoms with van der Waals surface area (Å²) in [7, 11) is 1.41. The molecule has 0 aliphatic carbocycles. The number of halogens is 4. The van der Waals surface area contributed by atoms with Crippen molar-refractivity contribution in [1.29, 1.82) is 0 Å². The molecule has 2 fully saturated rings. The summed E-state index contributed by atoms with van der Waals surface area (Å²) in [6, 6.07) is 5.37. The van der Waals surface area contributed by atoms with Crippen molar-refractivity contribution in [3.8, 4) is 11.5 Å². The van der Waals surface area contributed by atoms with Gasteiger partial charge in [-0.3, -0.25) is 4.90 Å². The molecule has 0 saturated carbocycles. The number of benzene rings is 1. The van der Waals surface area contributed by atoms with Crippen LogP contribution in [0.25, 0.3) is 0 Å². The molecule has 7 nitrogen and oxygen atoms in total. The second-order valence-electron chi connectivity index (χ2n) is 7.60. The Morgan fingerprint density at radius 2 is 1.97 bits per heavy atom. The van der Waals surface area contributed by atoms with Crippen LogP contribution in [0.2, 0.25) is 0 Å². The molecule has 0 spiro atoms. The van der Waals surface area contributed by atoms with Gasteiger partial charge in [0.1, 0.15) is 0 Å². The monoisotopic (exact) mass is 572 g/mol. The van der Waals surface area contributed by atoms with E-state index in [9.17, 15) is 13.2 Å². The highest BCUT2D eigenvalue weighted by atomic mass is 127. The number of likely N-dealkylation sites (tertiary alicyclic amines) is 1. The Hall–Kier alpha value is -1.47. The molecule has 2 saturated heterocycles. The van der Waals surface area contributed by atoms with Gasteiger partial charge in [-0.05, 0) is 31.0 Å². The van der Waals surface area contributed by atoms with E-state index < -0.39 is 12.8 Å². The van der Waals surface area contributed by atoms with Crippen molar-refractivity contribution in [2.75, 3.05) is 59.7 Å². The van der Waals surface area contributed by atoms with E-state index in [1.807, 2.05) is 6.92 Å². The number of guanidine groups is 1. The summed E-state index contributed by atoms with van der Waals surface area (Å²) < 4.78 is 52.8. The molecule has 182 valence electrons. The summed E-state index contributed by atoms with van der Waals surface area (Å²) in [5.74, 6) is 1.16. The highest BCUT2D eigenvalue weighted by molar-refractivity contribution is 14.0. The quantitative estimate of drug-likeness (QED) is 0.308. The second kappa shape index (κ2) is 12.7. The summed E-state index contributed by atoms with van der Waals surface area (Å²) in [6.07, 6.45) is -3.31. The molecule has 1 aromatic rings. The molecular formula is C21H32F3IN4O3. The smallest absolute Gasteiger partial charge is 0.422 e. The molecule has 2 heterocycles. The van der Waals surface area contributed by atoms with Gasteiger partial charge in [0, 0.05) is 38.8 Å². The minimum atomic E-state index is -4.40. The Labute approximate surface area is 204 Å². The number of morpholine rings is 1. The van der Waals surface area contributed by atoms with Crippen LogP contribution >= 0.6 is 24.0 Å². The fourth-order valence-electron chi connectivity index (χ4n) is 3.86. The fraction of sp³-hybridized carbons (Fsp3) is 0.667. The molecule has 3 rings (SSSR count). The number of nitrogens with zero attached hydrogens (tertiary/aromatic N) is 3. The molecule has 1 unspecified atom stereocenters. The van der Waals surface area contributed by atoms with E-state index in [2.05, 4.69) is 15.1 Å². The summed E-state index contributed by atoms with van der Waals surface area (Å²) in [5, 5.41) is 3.35. The lowest BCUT2D eigenvalue weighted by atomic mass is 10.2. The van der Waals surface area contributed by atoms with Crippen LogP contribution in [0.4, 0.5) is 13.2 Å². The van der Waals surface area contributed by atoms with Crippen LogP contribution < -0.4 is 14.8 Å². The molecule has 0 amide bonds. The lowest BCUT2D eigenvalue weighted by molar-refractivity contribution is -0.153. The van der Waals surface area contributed by atoms with Crippen molar-refractivity contribution >= 4 is 29.9 Å². The van der Waals surface area contributed by atoms with Gasteiger partial charge in [0.25, 0.3) is 0 Å². The fourth-order valence-corrected chi connectivity index (χ4v) is 3.86. The lowest BCUT2D eigenvalue weighted by Crippen LogP contribution is -2.46. The Morgan fingerprint density at radius 3 is 2.62 bits per heavy atom. The largest absolute Gasteiger partial charge is 0.493 e. The Kier molecular flexibility index (Phi) is 10.6. The van der Waals surface area contributed by atoms with Crippen LogP contribution in [0.3, 0.4) is 0 Å². The Bertz CT molecular complexity index is 745. The van der Waals surface area contributed by atoms with E-state index >= 15 is 0 Å². The predicted octanol–water partition coefficient (Wildman–Crippen LogP) is 3.13. The molecule has 1 N–H and O–H groups in total. The van der Waals surface area contributed by atoms with E-state index in [1.165, 1.54) is 13.2 Å². The third kappa shape index (κ3) is 7.84. The minimum Gasteiger partial charge on any atom is -0.493 e. The predicted molar refractivity (Wildman–Crippen MR) is 127 cm³/mol. The Balaban J connectivity index is 0.00000363. The van der Waals surface area contributed by atoms with Crippen molar-refractivity contribution in [1.82, 2.24) is 15.1 Å². The van der Waals surface area contributed by atoms with Crippen LogP contribution in [0, 0.1) is 0 Å². The number of methoxy groups -OCH3 is 1. The van der Waals surface area contributed by atoms with Crippen molar-refractivity contribution < 1.29 is 27.4 Å². The van der Waals surface area contributed by atoms with Gasteiger partial charge in [0.05, 0.1) is 26.9 Å². The van der Waals surface area contributed by atoms with Gasteiger partial charge in [-0.2, -0.15) is 13.2 Å². The van der Waals surface area contributed by atoms with Crippen LogP contribution in [0.5, 0.6) is 11.5 Å². The normalized spacial score (nSPS) is 20.1. The van der Waals surface area contributed by atoms with Crippen molar-refractivity contribution in [2.24, 2.45) is 4.99 Å². The standard InChI is InChI=1S/C21H31F3N4O3.HI/c1-3-25-20(28-7-6-17(14-28)27-8-10-30-11-9-27)26-13-16-4-5-18(19(12-16)29-2)31-15-21(22,23)24;/h4-5,12,17H,3,6-11,13-15H2,1-2H3,(H,25,26);1H. The number of ether oxygens (including phenoxy) is 3. The number of aliphatic imine (C=N–C) groups is 1. The van der Waals surface area contributed by atoms with Crippen LogP contribution in [-0.4, -0.2) is 87.6 Å². The summed E-state index contributed by atoms with van der Waals surface area (Å²) in [4.78, 5) is 9.50. The summed E-state index contributed by atoms with van der Waals surface area (Å²) in [6.45, 7) is 7.17. The molecule has 11 heteroatoms. The lowest BCUT2D eigenvalue weighted by Gasteiger charge is -2.32. The van der Waals surface area contributed by atoms with E-state index in [0.717, 1.165) is 63.9 Å². The van der Waals surface area contributed by atoms with Crippen molar-refractivity contribution in [2.45, 2.75) is 32.1 Å². The van der Waals surface area contributed by atoms with Gasteiger partial charge < -0.3 is 24.4 Å². The molecule has 2 aliphatic rings. The number of nitrogens with one attached hydrogen (secondary N) is 1. The van der Waals surface area contributed by atoms with E-state index in [0.29, 0.717) is 12.6 Å². The first-order valence-electron chi connectivity index (χ1n) is 10.6. The van der Waals surface area contributed by atoms with Gasteiger partial charge >= 0.3 is 6.18 Å². The first kappa shape index (κ1) is 26.8. The maximum absolute atomic E-state index is 12.4. The molecule has 0 radical (unpaired) electrons. The maximum Gasteiger partial charge on any atom is 0.422 e. The third-order valence-corrected chi connectivity index (χ3v) is 5.39. The Morgan fingerprint density at radius 1 is 1.22 bits per heavy atom. The van der Waals surface area contributed by atoms with Gasteiger partial charge in [0.15, 0.2) is 24.1 Å². The van der Waals surface area contributed by atoms with Crippen LogP contribution in [0.15, 0.2) is 23.2 Å². The maximum atomic E-state index is 12.4. The average Bonchev–Trinajstić information content (AvgIpc) is 3.25. The first-order valence-corrected chi connectivity index (χ1v) is 10.6. The third-order valence-electron chi connectivity index (χ3n) is 5.39. The molecule has 32 heavy (non-hydrogen) atoms. The molecule has 0 bridgehead atoms. The summed E-state index contributed by atoms with van der Waals surface area (Å²) in [5.41, 5.74) is 0.829. The zero-order chi connectivity index (χ0) is 22.3. The molecule has 2 aliphatic heterocycles. The zero-order valence-corrected chi connectivity index (χ0v) is 20.8. The first-order chi connectivity index (χ1) is 14.9. The van der Waals surface area contributed by atoms with E-state index in [4.69, 9.17) is 19.2 Å². The summed E-state index contributed by atoms with van der Waals surface area (Å²) >= 11 is 0. The molecular weight excluding hydrogens is 540 g/mol. The van der Waals surface area contributed by atoms with E-state index in [1.54, 1.807) is 12.1 Å². The highest BCUT2D eigenvalue weighted by Crippen LogP contribution is 2.30. The van der Waals surface area contributed by atoms with Gasteiger partial charge in [0.2, 0.25) is 0 Å². The average molecular weight is 572 g/mol. The van der Waals surface area contributed by atoms with E-state index in [-0.39, 0.29) is 35.5 Å². The molecule has 0 aromatic heterocycles. The number of rotatable bonds is 7. The zero-order valence-electron chi connectivity index (χ0n) is 18.5. The van der Waals surface area contributed by atoms with Gasteiger partial charge in [-0.15, -0.1) is 24.0 Å². The number of hydrogen-bond donors (Lipinski definition) is 1. The topological polar surface area (TPSA) is 58.6 Å². The van der Waals surface area contributed by atoms with Crippen LogP contribution in [0.1, 0.15) is 18.9 Å². The SMILES string of the molecule is CCNC(=NCc1ccc(OCC(F)(F)F)c(OC)c1)N1CCC(N2CCOCC2)C1.I.